The molecule has 0 fully saturated rings. The number of para-hydroxylation sites is 1. The van der Waals surface area contributed by atoms with E-state index in [2.05, 4.69) is 15.8 Å². The van der Waals surface area contributed by atoms with Gasteiger partial charge in [0, 0.05) is 23.0 Å². The van der Waals surface area contributed by atoms with Gasteiger partial charge in [0.25, 0.3) is 0 Å². The maximum atomic E-state index is 12.2. The minimum Gasteiger partial charge on any atom is -0.318 e. The van der Waals surface area contributed by atoms with Gasteiger partial charge in [0.15, 0.2) is 0 Å². The Hall–Kier alpha value is -4.52. The maximum Gasteiger partial charge on any atom is 0.329 e. The Morgan fingerprint density at radius 1 is 0.971 bits per heavy atom. The van der Waals surface area contributed by atoms with Crippen molar-refractivity contribution >= 4 is 23.7 Å². The van der Waals surface area contributed by atoms with E-state index in [1.54, 1.807) is 16.8 Å². The lowest BCUT2D eigenvalue weighted by molar-refractivity contribution is -0.136. The van der Waals surface area contributed by atoms with Crippen molar-refractivity contribution in [2.24, 2.45) is 5.10 Å². The summed E-state index contributed by atoms with van der Waals surface area (Å²) in [6.45, 7) is 4.06. The van der Waals surface area contributed by atoms with Crippen molar-refractivity contribution in [2.45, 2.75) is 20.3 Å². The lowest BCUT2D eigenvalue weighted by Crippen LogP contribution is -2.32. The van der Waals surface area contributed by atoms with Crippen LogP contribution in [0.1, 0.15) is 23.6 Å². The highest BCUT2D eigenvalue weighted by Gasteiger charge is 2.14. The molecule has 0 bridgehead atoms. The van der Waals surface area contributed by atoms with Crippen LogP contribution >= 0.6 is 0 Å². The zero-order valence-corrected chi connectivity index (χ0v) is 19.0. The van der Waals surface area contributed by atoms with Crippen molar-refractivity contribution in [3.8, 4) is 16.9 Å². The average molecular weight is 452 g/mol. The average Bonchev–Trinajstić information content (AvgIpc) is 3.29. The van der Waals surface area contributed by atoms with Crippen LogP contribution in [0, 0.1) is 6.92 Å². The molecule has 0 aliphatic heterocycles. The largest absolute Gasteiger partial charge is 0.329 e. The summed E-state index contributed by atoms with van der Waals surface area (Å²) in [5.74, 6) is -1.65. The molecule has 0 radical (unpaired) electrons. The number of nitrogens with one attached hydrogen (secondary N) is 2. The molecule has 0 aliphatic carbocycles. The van der Waals surface area contributed by atoms with E-state index in [1.165, 1.54) is 6.21 Å². The summed E-state index contributed by atoms with van der Waals surface area (Å²) in [5.41, 5.74) is 8.33. The highest BCUT2D eigenvalue weighted by atomic mass is 16.2. The van der Waals surface area contributed by atoms with Gasteiger partial charge in [-0.25, -0.2) is 10.1 Å². The Labute approximate surface area is 198 Å². The third kappa shape index (κ3) is 5.45. The summed E-state index contributed by atoms with van der Waals surface area (Å²) in [6, 6.07) is 25.0. The van der Waals surface area contributed by atoms with Gasteiger partial charge in [-0.2, -0.15) is 10.2 Å². The first kappa shape index (κ1) is 22.7. The first-order valence-corrected chi connectivity index (χ1v) is 11.0. The molecule has 0 saturated heterocycles. The van der Waals surface area contributed by atoms with Crippen molar-refractivity contribution < 1.29 is 9.59 Å². The molecule has 3 aromatic carbocycles. The fraction of sp³-hybridized carbons (Fsp3) is 0.111. The number of hydrogen-bond acceptors (Lipinski definition) is 4. The predicted molar refractivity (Wildman–Crippen MR) is 134 cm³/mol. The van der Waals surface area contributed by atoms with Crippen molar-refractivity contribution in [3.05, 3.63) is 102 Å². The van der Waals surface area contributed by atoms with Gasteiger partial charge in [-0.3, -0.25) is 9.59 Å². The molecule has 0 spiro atoms. The second kappa shape index (κ2) is 10.4. The number of aryl methyl sites for hydroxylation is 2. The van der Waals surface area contributed by atoms with Gasteiger partial charge in [-0.05, 0) is 49.2 Å². The molecule has 7 nitrogen and oxygen atoms in total. The summed E-state index contributed by atoms with van der Waals surface area (Å²) in [7, 11) is 0. The Kier molecular flexibility index (Phi) is 6.93. The maximum absolute atomic E-state index is 12.2. The van der Waals surface area contributed by atoms with Crippen LogP contribution in [0.25, 0.3) is 16.9 Å². The highest BCUT2D eigenvalue weighted by molar-refractivity contribution is 6.39. The lowest BCUT2D eigenvalue weighted by Gasteiger charge is -2.04. The number of anilines is 1. The van der Waals surface area contributed by atoms with Gasteiger partial charge >= 0.3 is 11.8 Å². The molecule has 4 aromatic rings. The van der Waals surface area contributed by atoms with Gasteiger partial charge in [-0.1, -0.05) is 61.0 Å². The summed E-state index contributed by atoms with van der Waals surface area (Å²) < 4.78 is 1.76. The normalized spacial score (nSPS) is 10.9. The fourth-order valence-electron chi connectivity index (χ4n) is 3.43. The second-order valence-corrected chi connectivity index (χ2v) is 7.79. The molecule has 0 unspecified atom stereocenters. The fourth-order valence-corrected chi connectivity index (χ4v) is 3.43. The molecule has 34 heavy (non-hydrogen) atoms. The highest BCUT2D eigenvalue weighted by Crippen LogP contribution is 2.23. The van der Waals surface area contributed by atoms with Crippen LogP contribution in [0.3, 0.4) is 0 Å². The van der Waals surface area contributed by atoms with Crippen molar-refractivity contribution in [1.82, 2.24) is 15.2 Å². The molecular weight excluding hydrogens is 426 g/mol. The van der Waals surface area contributed by atoms with E-state index in [9.17, 15) is 9.59 Å². The van der Waals surface area contributed by atoms with Crippen LogP contribution < -0.4 is 10.7 Å². The molecule has 1 aromatic heterocycles. The molecule has 0 aliphatic rings. The summed E-state index contributed by atoms with van der Waals surface area (Å²) in [6.07, 6.45) is 4.22. The number of carbonyl (C=O) groups is 2. The zero-order chi connectivity index (χ0) is 23.9. The lowest BCUT2D eigenvalue weighted by atomic mass is 10.1. The van der Waals surface area contributed by atoms with E-state index in [1.807, 2.05) is 86.8 Å². The van der Waals surface area contributed by atoms with Crippen LogP contribution in [0.5, 0.6) is 0 Å². The third-order valence-electron chi connectivity index (χ3n) is 5.25. The van der Waals surface area contributed by atoms with Crippen LogP contribution in [-0.2, 0) is 16.0 Å². The van der Waals surface area contributed by atoms with Crippen LogP contribution in [0.15, 0.2) is 90.2 Å². The summed E-state index contributed by atoms with van der Waals surface area (Å²) in [4.78, 5) is 24.4. The van der Waals surface area contributed by atoms with Crippen molar-refractivity contribution in [3.63, 3.8) is 0 Å². The number of nitrogens with zero attached hydrogens (tertiary/aromatic N) is 3. The number of benzene rings is 3. The molecule has 4 rings (SSSR count). The Bertz CT molecular complexity index is 1320. The quantitative estimate of drug-likeness (QED) is 0.257. The topological polar surface area (TPSA) is 88.4 Å². The first-order chi connectivity index (χ1) is 16.5. The van der Waals surface area contributed by atoms with E-state index in [-0.39, 0.29) is 0 Å². The molecule has 2 N–H and O–H groups in total. The molecule has 2 amide bonds. The first-order valence-electron chi connectivity index (χ1n) is 11.0. The summed E-state index contributed by atoms with van der Waals surface area (Å²) >= 11 is 0. The number of carbonyl (C=O) groups excluding carboxylic acids is 2. The van der Waals surface area contributed by atoms with Crippen LogP contribution in [-0.4, -0.2) is 27.8 Å². The minimum absolute atomic E-state index is 0.548. The Morgan fingerprint density at radius 2 is 1.74 bits per heavy atom. The number of hydrazone groups is 1. The molecule has 7 heteroatoms. The number of hydrogen-bond donors (Lipinski definition) is 2. The van der Waals surface area contributed by atoms with Crippen LogP contribution in [0.4, 0.5) is 5.69 Å². The van der Waals surface area contributed by atoms with Gasteiger partial charge in [0.2, 0.25) is 0 Å². The minimum atomic E-state index is -0.858. The van der Waals surface area contributed by atoms with E-state index < -0.39 is 11.8 Å². The standard InChI is InChI=1S/C27H25N5O2/c1-3-20-12-14-23(15-13-20)29-26(33)27(34)30-28-17-22-18-32(24-10-5-4-6-11-24)31-25(22)21-9-7-8-19(2)16-21/h4-18H,3H2,1-2H3,(H,29,33)(H,30,34)/b28-17-. The second-order valence-electron chi connectivity index (χ2n) is 7.79. The molecule has 0 saturated carbocycles. The number of amides is 2. The monoisotopic (exact) mass is 451 g/mol. The SMILES string of the molecule is CCc1ccc(NC(=O)C(=O)N/N=C\c2cn(-c3ccccc3)nc2-c2cccc(C)c2)cc1. The molecular formula is C27H25N5O2. The van der Waals surface area contributed by atoms with Gasteiger partial charge in [0.05, 0.1) is 11.9 Å². The Balaban J connectivity index is 1.51. The molecule has 170 valence electrons. The van der Waals surface area contributed by atoms with E-state index in [0.717, 1.165) is 28.8 Å². The number of rotatable bonds is 6. The van der Waals surface area contributed by atoms with Crippen LogP contribution in [0.2, 0.25) is 0 Å². The molecule has 0 atom stereocenters. The Morgan fingerprint density at radius 3 is 2.44 bits per heavy atom. The zero-order valence-electron chi connectivity index (χ0n) is 19.0. The van der Waals surface area contributed by atoms with E-state index >= 15 is 0 Å². The van der Waals surface area contributed by atoms with E-state index in [0.29, 0.717) is 16.9 Å². The van der Waals surface area contributed by atoms with Crippen molar-refractivity contribution in [1.29, 1.82) is 0 Å². The van der Waals surface area contributed by atoms with Gasteiger partial charge < -0.3 is 5.32 Å². The smallest absolute Gasteiger partial charge is 0.318 e. The van der Waals surface area contributed by atoms with Gasteiger partial charge in [-0.15, -0.1) is 0 Å². The van der Waals surface area contributed by atoms with E-state index in [4.69, 9.17) is 5.10 Å². The number of aromatic nitrogens is 2. The predicted octanol–water partition coefficient (Wildman–Crippen LogP) is 4.50. The van der Waals surface area contributed by atoms with Gasteiger partial charge in [0.1, 0.15) is 5.69 Å². The third-order valence-corrected chi connectivity index (χ3v) is 5.25. The summed E-state index contributed by atoms with van der Waals surface area (Å²) in [5, 5.41) is 11.3. The molecule has 1 heterocycles. The van der Waals surface area contributed by atoms with Crippen molar-refractivity contribution in [2.75, 3.05) is 5.32 Å².